The third-order valence-corrected chi connectivity index (χ3v) is 6.60. The zero-order valence-electron chi connectivity index (χ0n) is 18.7. The number of nitrogens with one attached hydrogen (secondary N) is 1. The van der Waals surface area contributed by atoms with E-state index in [-0.39, 0.29) is 30.9 Å². The zero-order chi connectivity index (χ0) is 23.2. The normalized spacial score (nSPS) is 15.1. The van der Waals surface area contributed by atoms with Crippen molar-refractivity contribution in [3.63, 3.8) is 0 Å². The molecule has 3 aromatic rings. The molecule has 33 heavy (non-hydrogen) atoms. The maximum atomic E-state index is 13.5. The third-order valence-electron chi connectivity index (χ3n) is 5.46. The van der Waals surface area contributed by atoms with E-state index in [1.54, 1.807) is 43.0 Å². The van der Waals surface area contributed by atoms with Crippen LogP contribution in [0.4, 0.5) is 11.4 Å². The zero-order valence-corrected chi connectivity index (χ0v) is 19.5. The summed E-state index contributed by atoms with van der Waals surface area (Å²) >= 11 is 1.76. The molecule has 0 radical (unpaired) electrons. The van der Waals surface area contributed by atoms with Crippen LogP contribution in [-0.4, -0.2) is 49.7 Å². The van der Waals surface area contributed by atoms with E-state index < -0.39 is 0 Å². The van der Waals surface area contributed by atoms with Crippen LogP contribution in [0.3, 0.4) is 0 Å². The summed E-state index contributed by atoms with van der Waals surface area (Å²) in [6.07, 6.45) is 0. The van der Waals surface area contributed by atoms with E-state index in [2.05, 4.69) is 17.4 Å². The molecule has 0 bridgehead atoms. The topological polar surface area (TPSA) is 61.9 Å². The number of likely N-dealkylation sites (N-methyl/N-ethyl adjacent to an activating group) is 1. The fourth-order valence-electron chi connectivity index (χ4n) is 3.93. The molecule has 1 atom stereocenters. The van der Waals surface area contributed by atoms with Gasteiger partial charge in [-0.3, -0.25) is 14.5 Å². The van der Waals surface area contributed by atoms with Crippen LogP contribution in [0.25, 0.3) is 0 Å². The molecule has 1 N–H and O–H groups in total. The van der Waals surface area contributed by atoms with Gasteiger partial charge in [-0.1, -0.05) is 48.5 Å². The number of amides is 2. The Hall–Kier alpha value is -3.29. The summed E-state index contributed by atoms with van der Waals surface area (Å²) in [4.78, 5) is 30.8. The lowest BCUT2D eigenvalue weighted by Crippen LogP contribution is -2.45. The first-order chi connectivity index (χ1) is 16.0. The highest BCUT2D eigenvalue weighted by atomic mass is 32.2. The molecule has 2 amide bonds. The summed E-state index contributed by atoms with van der Waals surface area (Å²) in [6, 6.07) is 25.2. The van der Waals surface area contributed by atoms with Gasteiger partial charge < -0.3 is 15.0 Å². The summed E-state index contributed by atoms with van der Waals surface area (Å²) in [5.41, 5.74) is 2.68. The van der Waals surface area contributed by atoms with E-state index in [9.17, 15) is 9.59 Å². The molecule has 0 aromatic heterocycles. The average Bonchev–Trinajstić information content (AvgIpc) is 2.83. The van der Waals surface area contributed by atoms with Crippen LogP contribution in [0.5, 0.6) is 5.75 Å². The van der Waals surface area contributed by atoms with Gasteiger partial charge in [0.25, 0.3) is 0 Å². The van der Waals surface area contributed by atoms with E-state index in [4.69, 9.17) is 4.74 Å². The lowest BCUT2D eigenvalue weighted by atomic mass is 10.1. The number of hydrogen-bond donors (Lipinski definition) is 1. The van der Waals surface area contributed by atoms with Crippen molar-refractivity contribution in [3.8, 4) is 5.75 Å². The van der Waals surface area contributed by atoms with Gasteiger partial charge in [0.05, 0.1) is 31.9 Å². The monoisotopic (exact) mass is 461 g/mol. The minimum atomic E-state index is -0.187. The van der Waals surface area contributed by atoms with Crippen molar-refractivity contribution in [2.75, 3.05) is 43.2 Å². The first-order valence-corrected chi connectivity index (χ1v) is 11.7. The predicted molar refractivity (Wildman–Crippen MR) is 133 cm³/mol. The number of carbonyl (C=O) groups is 2. The van der Waals surface area contributed by atoms with Gasteiger partial charge in [0.2, 0.25) is 11.8 Å². The Bertz CT molecular complexity index is 1120. The predicted octanol–water partition coefficient (Wildman–Crippen LogP) is 4.45. The second-order valence-electron chi connectivity index (χ2n) is 7.92. The number of rotatable bonds is 7. The van der Waals surface area contributed by atoms with Crippen molar-refractivity contribution < 1.29 is 14.3 Å². The molecular weight excluding hydrogens is 434 g/mol. The second-order valence-corrected chi connectivity index (χ2v) is 8.98. The molecular formula is C26H27N3O3S. The minimum Gasteiger partial charge on any atom is -0.497 e. The number of anilines is 2. The van der Waals surface area contributed by atoms with E-state index in [0.29, 0.717) is 11.4 Å². The molecule has 0 saturated carbocycles. The van der Waals surface area contributed by atoms with Crippen molar-refractivity contribution in [1.29, 1.82) is 0 Å². The Kier molecular flexibility index (Phi) is 7.32. The van der Waals surface area contributed by atoms with Crippen LogP contribution < -0.4 is 15.0 Å². The maximum Gasteiger partial charge on any atom is 0.241 e. The smallest absolute Gasteiger partial charge is 0.241 e. The number of hydrogen-bond acceptors (Lipinski definition) is 5. The van der Waals surface area contributed by atoms with Crippen LogP contribution >= 0.6 is 11.8 Å². The standard InChI is InChI=1S/C26H27N3O3S/c1-28(16-25(30)27-20-11-8-12-21(15-20)32-2)17-26(31)29-22-13-6-7-14-24(22)33-18-23(29)19-9-4-3-5-10-19/h3-15,23H,16-18H2,1-2H3,(H,27,30). The fourth-order valence-corrected chi connectivity index (χ4v) is 5.10. The molecule has 0 spiro atoms. The lowest BCUT2D eigenvalue weighted by molar-refractivity contribution is -0.121. The Morgan fingerprint density at radius 2 is 1.79 bits per heavy atom. The molecule has 0 fully saturated rings. The van der Waals surface area contributed by atoms with Gasteiger partial charge in [0.15, 0.2) is 0 Å². The van der Waals surface area contributed by atoms with Crippen LogP contribution in [-0.2, 0) is 9.59 Å². The second kappa shape index (κ2) is 10.6. The van der Waals surface area contributed by atoms with Crippen LogP contribution in [0.15, 0.2) is 83.8 Å². The van der Waals surface area contributed by atoms with E-state index >= 15 is 0 Å². The van der Waals surface area contributed by atoms with Crippen molar-refractivity contribution in [2.45, 2.75) is 10.9 Å². The average molecular weight is 462 g/mol. The minimum absolute atomic E-state index is 0.0340. The van der Waals surface area contributed by atoms with Crippen LogP contribution in [0, 0.1) is 0 Å². The SMILES string of the molecule is COc1cccc(NC(=O)CN(C)CC(=O)N2c3ccccc3SCC2c2ccccc2)c1. The molecule has 7 heteroatoms. The summed E-state index contributed by atoms with van der Waals surface area (Å²) in [5, 5.41) is 2.86. The Balaban J connectivity index is 1.46. The molecule has 1 heterocycles. The first-order valence-electron chi connectivity index (χ1n) is 10.8. The molecule has 6 nitrogen and oxygen atoms in total. The molecule has 1 aliphatic heterocycles. The van der Waals surface area contributed by atoms with E-state index in [0.717, 1.165) is 21.9 Å². The Morgan fingerprint density at radius 3 is 2.58 bits per heavy atom. The first kappa shape index (κ1) is 22.9. The van der Waals surface area contributed by atoms with Gasteiger partial charge in [0, 0.05) is 22.4 Å². The molecule has 1 aliphatic rings. The van der Waals surface area contributed by atoms with Gasteiger partial charge in [-0.25, -0.2) is 0 Å². The summed E-state index contributed by atoms with van der Waals surface area (Å²) < 4.78 is 5.20. The van der Waals surface area contributed by atoms with Gasteiger partial charge in [-0.05, 0) is 36.9 Å². The molecule has 0 aliphatic carbocycles. The molecule has 170 valence electrons. The summed E-state index contributed by atoms with van der Waals surface area (Å²) in [7, 11) is 3.37. The highest BCUT2D eigenvalue weighted by molar-refractivity contribution is 7.99. The van der Waals surface area contributed by atoms with Gasteiger partial charge in [0.1, 0.15) is 5.75 Å². The van der Waals surface area contributed by atoms with Gasteiger partial charge >= 0.3 is 0 Å². The third kappa shape index (κ3) is 5.56. The van der Waals surface area contributed by atoms with E-state index in [1.165, 1.54) is 0 Å². The van der Waals surface area contributed by atoms with Crippen LogP contribution in [0.2, 0.25) is 0 Å². The fraction of sp³-hybridized carbons (Fsp3) is 0.231. The van der Waals surface area contributed by atoms with Crippen molar-refractivity contribution in [3.05, 3.63) is 84.4 Å². The number of thioether (sulfide) groups is 1. The quantitative estimate of drug-likeness (QED) is 0.563. The van der Waals surface area contributed by atoms with Gasteiger partial charge in [-0.2, -0.15) is 0 Å². The number of benzene rings is 3. The van der Waals surface area contributed by atoms with Crippen LogP contribution in [0.1, 0.15) is 11.6 Å². The Labute approximate surface area is 198 Å². The molecule has 1 unspecified atom stereocenters. The highest BCUT2D eigenvalue weighted by Crippen LogP contribution is 2.43. The summed E-state index contributed by atoms with van der Waals surface area (Å²) in [5.74, 6) is 1.23. The molecule has 3 aromatic carbocycles. The Morgan fingerprint density at radius 1 is 1.03 bits per heavy atom. The molecule has 0 saturated heterocycles. The highest BCUT2D eigenvalue weighted by Gasteiger charge is 2.32. The number of fused-ring (bicyclic) bond motifs is 1. The largest absolute Gasteiger partial charge is 0.497 e. The van der Waals surface area contributed by atoms with Crippen molar-refractivity contribution in [2.24, 2.45) is 0 Å². The maximum absolute atomic E-state index is 13.5. The lowest BCUT2D eigenvalue weighted by Gasteiger charge is -2.38. The molecule has 4 rings (SSSR count). The van der Waals surface area contributed by atoms with Crippen molar-refractivity contribution >= 4 is 35.0 Å². The number of ether oxygens (including phenoxy) is 1. The van der Waals surface area contributed by atoms with E-state index in [1.807, 2.05) is 59.5 Å². The number of carbonyl (C=O) groups excluding carboxylic acids is 2. The van der Waals surface area contributed by atoms with Gasteiger partial charge in [-0.15, -0.1) is 11.8 Å². The number of methoxy groups -OCH3 is 1. The number of para-hydroxylation sites is 1. The van der Waals surface area contributed by atoms with Crippen molar-refractivity contribution in [1.82, 2.24) is 4.90 Å². The number of nitrogens with zero attached hydrogens (tertiary/aromatic N) is 2. The summed E-state index contributed by atoms with van der Waals surface area (Å²) in [6.45, 7) is 0.233.